The fourth-order valence-corrected chi connectivity index (χ4v) is 3.72. The Bertz CT molecular complexity index is 1230. The molecule has 1 heterocycles. The lowest BCUT2D eigenvalue weighted by molar-refractivity contribution is 0.108. The highest BCUT2D eigenvalue weighted by atomic mass is 35.5. The second-order valence-electron chi connectivity index (χ2n) is 8.15. The molecule has 0 aliphatic carbocycles. The largest absolute Gasteiger partial charge is 0.491 e. The number of halogens is 3. The van der Waals surface area contributed by atoms with E-state index >= 15 is 0 Å². The standard InChI is InChI=1S/C28H30ClN3O4.2ClH/c1-3-34-19-28-31-27(20-4-10-24(11-5-20)35-18-23(33)16-30-2)17-32(28)22-8-14-26(15-9-22)36-25-12-6-21(29)7-13-25;;/h4-15,17,23,30,33H,3,16,18-19H2,1-2H3;2*1H. The Morgan fingerprint density at radius 2 is 1.53 bits per heavy atom. The number of nitrogens with one attached hydrogen (secondary N) is 1. The third kappa shape index (κ3) is 8.63. The molecule has 0 bridgehead atoms. The van der Waals surface area contributed by atoms with E-state index in [4.69, 9.17) is 30.8 Å². The number of aliphatic hydroxyl groups excluding tert-OH is 1. The van der Waals surface area contributed by atoms with Gasteiger partial charge in [-0.3, -0.25) is 0 Å². The topological polar surface area (TPSA) is 77.8 Å². The molecular formula is C28H32Cl3N3O4. The number of benzene rings is 3. The summed E-state index contributed by atoms with van der Waals surface area (Å²) in [5.41, 5.74) is 2.73. The van der Waals surface area contributed by atoms with Crippen molar-refractivity contribution in [2.45, 2.75) is 19.6 Å². The summed E-state index contributed by atoms with van der Waals surface area (Å²) in [5.74, 6) is 2.94. The number of imidazole rings is 1. The average Bonchev–Trinajstić information content (AvgIpc) is 3.33. The van der Waals surface area contributed by atoms with E-state index in [9.17, 15) is 5.11 Å². The van der Waals surface area contributed by atoms with E-state index in [0.717, 1.165) is 34.3 Å². The lowest BCUT2D eigenvalue weighted by atomic mass is 10.1. The van der Waals surface area contributed by atoms with Gasteiger partial charge in [0.15, 0.2) is 0 Å². The first kappa shape index (κ1) is 31.4. The van der Waals surface area contributed by atoms with Gasteiger partial charge in [0.05, 0.1) is 5.69 Å². The van der Waals surface area contributed by atoms with Crippen LogP contribution in [0, 0.1) is 0 Å². The van der Waals surface area contributed by atoms with E-state index in [2.05, 4.69) is 5.32 Å². The van der Waals surface area contributed by atoms with Gasteiger partial charge in [0.25, 0.3) is 0 Å². The van der Waals surface area contributed by atoms with E-state index < -0.39 is 6.10 Å². The van der Waals surface area contributed by atoms with Crippen molar-refractivity contribution in [1.82, 2.24) is 14.9 Å². The summed E-state index contributed by atoms with van der Waals surface area (Å²) >= 11 is 5.95. The predicted octanol–water partition coefficient (Wildman–Crippen LogP) is 6.32. The van der Waals surface area contributed by atoms with E-state index in [1.54, 1.807) is 19.2 Å². The maximum Gasteiger partial charge on any atom is 0.140 e. The van der Waals surface area contributed by atoms with Crippen LogP contribution in [0.4, 0.5) is 0 Å². The van der Waals surface area contributed by atoms with Crippen molar-refractivity contribution in [2.24, 2.45) is 0 Å². The van der Waals surface area contributed by atoms with Crippen molar-refractivity contribution >= 4 is 36.4 Å². The van der Waals surface area contributed by atoms with Crippen LogP contribution in [0.3, 0.4) is 0 Å². The van der Waals surface area contributed by atoms with Crippen LogP contribution in [0.5, 0.6) is 17.2 Å². The van der Waals surface area contributed by atoms with Crippen LogP contribution in [0.1, 0.15) is 12.7 Å². The summed E-state index contributed by atoms with van der Waals surface area (Å²) < 4.78 is 19.3. The molecule has 1 atom stereocenters. The molecule has 204 valence electrons. The van der Waals surface area contributed by atoms with Gasteiger partial charge in [-0.1, -0.05) is 11.6 Å². The van der Waals surface area contributed by atoms with Gasteiger partial charge in [0.2, 0.25) is 0 Å². The minimum atomic E-state index is -0.561. The zero-order valence-corrected chi connectivity index (χ0v) is 23.6. The lowest BCUT2D eigenvalue weighted by Gasteiger charge is -2.11. The van der Waals surface area contributed by atoms with E-state index in [-0.39, 0.29) is 31.4 Å². The number of hydrogen-bond donors (Lipinski definition) is 2. The van der Waals surface area contributed by atoms with Crippen molar-refractivity contribution in [3.8, 4) is 34.2 Å². The maximum absolute atomic E-state index is 9.83. The fraction of sp³-hybridized carbons (Fsp3) is 0.250. The lowest BCUT2D eigenvalue weighted by Crippen LogP contribution is -2.29. The van der Waals surface area contributed by atoms with Crippen LogP contribution in [-0.2, 0) is 11.3 Å². The molecule has 1 aromatic heterocycles. The Morgan fingerprint density at radius 1 is 0.921 bits per heavy atom. The fourth-order valence-electron chi connectivity index (χ4n) is 3.60. The molecule has 10 heteroatoms. The number of nitrogens with zero attached hydrogens (tertiary/aromatic N) is 2. The number of hydrogen-bond acceptors (Lipinski definition) is 6. The minimum absolute atomic E-state index is 0. The van der Waals surface area contributed by atoms with Gasteiger partial charge in [-0.2, -0.15) is 0 Å². The van der Waals surface area contributed by atoms with E-state index in [0.29, 0.717) is 30.5 Å². The summed E-state index contributed by atoms with van der Waals surface area (Å²) in [4.78, 5) is 4.83. The molecule has 0 saturated carbocycles. The molecule has 38 heavy (non-hydrogen) atoms. The number of ether oxygens (including phenoxy) is 3. The summed E-state index contributed by atoms with van der Waals surface area (Å²) in [7, 11) is 1.79. The molecule has 4 aromatic rings. The predicted molar refractivity (Wildman–Crippen MR) is 156 cm³/mol. The molecule has 0 amide bonds. The molecular weight excluding hydrogens is 549 g/mol. The second-order valence-corrected chi connectivity index (χ2v) is 8.58. The highest BCUT2D eigenvalue weighted by Crippen LogP contribution is 2.27. The zero-order valence-electron chi connectivity index (χ0n) is 21.2. The smallest absolute Gasteiger partial charge is 0.140 e. The van der Waals surface area contributed by atoms with Gasteiger partial charge < -0.3 is 29.2 Å². The first-order valence-corrected chi connectivity index (χ1v) is 12.2. The Labute approximate surface area is 240 Å². The van der Waals surface area contributed by atoms with Gasteiger partial charge in [-0.25, -0.2) is 4.98 Å². The Hall–Kier alpha value is -2.78. The van der Waals surface area contributed by atoms with Gasteiger partial charge in [-0.05, 0) is 86.8 Å². The summed E-state index contributed by atoms with van der Waals surface area (Å²) in [6.07, 6.45) is 1.44. The Morgan fingerprint density at radius 3 is 2.13 bits per heavy atom. The molecule has 3 aromatic carbocycles. The number of likely N-dealkylation sites (N-methyl/N-ethyl adjacent to an activating group) is 1. The second kappa shape index (κ2) is 15.6. The summed E-state index contributed by atoms with van der Waals surface area (Å²) in [5, 5.41) is 13.4. The van der Waals surface area contributed by atoms with Crippen LogP contribution in [-0.4, -0.2) is 47.6 Å². The molecule has 1 unspecified atom stereocenters. The van der Waals surface area contributed by atoms with Crippen molar-refractivity contribution in [2.75, 3.05) is 26.8 Å². The van der Waals surface area contributed by atoms with Gasteiger partial charge >= 0.3 is 0 Å². The Balaban J connectivity index is 0.00000253. The van der Waals surface area contributed by atoms with Crippen molar-refractivity contribution < 1.29 is 19.3 Å². The van der Waals surface area contributed by atoms with E-state index in [1.807, 2.05) is 78.4 Å². The van der Waals surface area contributed by atoms with Crippen molar-refractivity contribution in [3.05, 3.63) is 89.8 Å². The van der Waals surface area contributed by atoms with E-state index in [1.165, 1.54) is 0 Å². The van der Waals surface area contributed by atoms with Crippen LogP contribution in [0.15, 0.2) is 79.0 Å². The van der Waals surface area contributed by atoms with Crippen LogP contribution in [0.25, 0.3) is 16.9 Å². The quantitative estimate of drug-likeness (QED) is 0.204. The molecule has 0 aliphatic heterocycles. The van der Waals surface area contributed by atoms with Crippen molar-refractivity contribution in [3.63, 3.8) is 0 Å². The van der Waals surface area contributed by atoms with Gasteiger partial charge in [0.1, 0.15) is 42.4 Å². The number of aromatic nitrogens is 2. The zero-order chi connectivity index (χ0) is 25.3. The molecule has 2 N–H and O–H groups in total. The molecule has 0 radical (unpaired) electrons. The molecule has 0 spiro atoms. The SMILES string of the molecule is CCOCc1nc(-c2ccc(OCC(O)CNC)cc2)cn1-c1ccc(Oc2ccc(Cl)cc2)cc1.Cl.Cl. The van der Waals surface area contributed by atoms with Gasteiger partial charge in [-0.15, -0.1) is 24.8 Å². The third-order valence-electron chi connectivity index (χ3n) is 5.41. The molecule has 0 saturated heterocycles. The third-order valence-corrected chi connectivity index (χ3v) is 5.66. The minimum Gasteiger partial charge on any atom is -0.491 e. The number of aliphatic hydroxyl groups is 1. The highest BCUT2D eigenvalue weighted by molar-refractivity contribution is 6.30. The summed E-state index contributed by atoms with van der Waals surface area (Å²) in [6, 6.07) is 22.7. The number of rotatable bonds is 12. The van der Waals surface area contributed by atoms with Crippen LogP contribution in [0.2, 0.25) is 5.02 Å². The molecule has 7 nitrogen and oxygen atoms in total. The maximum atomic E-state index is 9.83. The van der Waals surface area contributed by atoms with Crippen LogP contribution < -0.4 is 14.8 Å². The van der Waals surface area contributed by atoms with Crippen molar-refractivity contribution in [1.29, 1.82) is 0 Å². The first-order chi connectivity index (χ1) is 17.6. The summed E-state index contributed by atoms with van der Waals surface area (Å²) in [6.45, 7) is 3.66. The average molecular weight is 581 g/mol. The highest BCUT2D eigenvalue weighted by Gasteiger charge is 2.13. The molecule has 0 fully saturated rings. The monoisotopic (exact) mass is 579 g/mol. The molecule has 4 rings (SSSR count). The van der Waals surface area contributed by atoms with Gasteiger partial charge in [0, 0.05) is 35.6 Å². The molecule has 0 aliphatic rings. The normalized spacial score (nSPS) is 11.3. The van der Waals surface area contributed by atoms with Crippen LogP contribution >= 0.6 is 36.4 Å². The Kier molecular flexibility index (Phi) is 12.9. The first-order valence-electron chi connectivity index (χ1n) is 11.8.